The van der Waals surface area contributed by atoms with Crippen molar-refractivity contribution in [1.82, 2.24) is 10.2 Å². The Kier molecular flexibility index (Phi) is 8.74. The van der Waals surface area contributed by atoms with E-state index >= 15 is 0 Å². The summed E-state index contributed by atoms with van der Waals surface area (Å²) < 4.78 is 5.74. The van der Waals surface area contributed by atoms with Gasteiger partial charge in [-0.05, 0) is 25.3 Å². The zero-order valence-corrected chi connectivity index (χ0v) is 12.7. The van der Waals surface area contributed by atoms with Crippen molar-refractivity contribution in [3.8, 4) is 0 Å². The summed E-state index contributed by atoms with van der Waals surface area (Å²) in [6, 6.07) is 0. The van der Waals surface area contributed by atoms with Crippen LogP contribution in [0.15, 0.2) is 0 Å². The molecular weight excluding hydrogens is 252 g/mol. The van der Waals surface area contributed by atoms with Gasteiger partial charge >= 0.3 is 0 Å². The largest absolute Gasteiger partial charge is 0.374 e. The molecule has 0 aromatic carbocycles. The molecule has 1 fully saturated rings. The number of nitrogens with zero attached hydrogens (tertiary/aromatic N) is 1. The predicted molar refractivity (Wildman–Crippen MR) is 79.7 cm³/mol. The Bertz CT molecular complexity index is 193. The fourth-order valence-corrected chi connectivity index (χ4v) is 2.58. The van der Waals surface area contributed by atoms with Crippen LogP contribution in [0.4, 0.5) is 0 Å². The fourth-order valence-electron chi connectivity index (χ4n) is 2.10. The minimum atomic E-state index is 0.350. The Morgan fingerprint density at radius 1 is 1.53 bits per heavy atom. The highest BCUT2D eigenvalue weighted by atomic mass is 33.1. The Hall–Kier alpha value is 0.580. The first kappa shape index (κ1) is 15.6. The van der Waals surface area contributed by atoms with Gasteiger partial charge in [-0.2, -0.15) is 0 Å². The van der Waals surface area contributed by atoms with Crippen LogP contribution in [0.5, 0.6) is 0 Å². The number of thiol groups is 1. The molecule has 17 heavy (non-hydrogen) atoms. The molecule has 1 aliphatic rings. The topological polar surface area (TPSA) is 24.5 Å². The van der Waals surface area contributed by atoms with Gasteiger partial charge in [-0.25, -0.2) is 0 Å². The molecule has 1 N–H and O–H groups in total. The van der Waals surface area contributed by atoms with E-state index < -0.39 is 0 Å². The lowest BCUT2D eigenvalue weighted by Gasteiger charge is -2.33. The van der Waals surface area contributed by atoms with Gasteiger partial charge in [0.05, 0.1) is 18.6 Å². The summed E-state index contributed by atoms with van der Waals surface area (Å²) in [5.74, 6) is 1.71. The van der Waals surface area contributed by atoms with Crippen LogP contribution in [0, 0.1) is 5.92 Å². The van der Waals surface area contributed by atoms with E-state index in [9.17, 15) is 0 Å². The van der Waals surface area contributed by atoms with E-state index in [1.54, 1.807) is 0 Å². The zero-order chi connectivity index (χ0) is 12.5. The summed E-state index contributed by atoms with van der Waals surface area (Å²) >= 11 is 4.10. The summed E-state index contributed by atoms with van der Waals surface area (Å²) in [5.41, 5.74) is 0. The molecule has 0 aliphatic carbocycles. The highest BCUT2D eigenvalue weighted by molar-refractivity contribution is 8.68. The summed E-state index contributed by atoms with van der Waals surface area (Å²) in [4.78, 5) is 2.53. The van der Waals surface area contributed by atoms with Crippen molar-refractivity contribution in [2.24, 2.45) is 5.92 Å². The Morgan fingerprint density at radius 3 is 3.06 bits per heavy atom. The van der Waals surface area contributed by atoms with Gasteiger partial charge < -0.3 is 10.1 Å². The van der Waals surface area contributed by atoms with Crippen LogP contribution in [-0.2, 0) is 4.74 Å². The summed E-state index contributed by atoms with van der Waals surface area (Å²) in [5, 5.41) is 3.33. The van der Waals surface area contributed by atoms with Crippen LogP contribution in [0.25, 0.3) is 0 Å². The molecule has 3 nitrogen and oxygen atoms in total. The number of rotatable bonds is 8. The maximum Gasteiger partial charge on any atom is 0.0827 e. The lowest BCUT2D eigenvalue weighted by atomic mass is 10.1. The average Bonchev–Trinajstić information content (AvgIpc) is 2.29. The van der Waals surface area contributed by atoms with E-state index in [1.165, 1.54) is 30.2 Å². The monoisotopic (exact) mass is 278 g/mol. The lowest BCUT2D eigenvalue weighted by molar-refractivity contribution is -0.0269. The predicted octanol–water partition coefficient (Wildman–Crippen LogP) is 2.25. The molecular formula is C12H26N2OS2. The van der Waals surface area contributed by atoms with Crippen LogP contribution >= 0.6 is 22.5 Å². The third kappa shape index (κ3) is 7.57. The van der Waals surface area contributed by atoms with Gasteiger partial charge in [0.1, 0.15) is 0 Å². The first-order chi connectivity index (χ1) is 8.22. The second-order valence-corrected chi connectivity index (χ2v) is 6.38. The molecule has 0 unspecified atom stereocenters. The van der Waals surface area contributed by atoms with E-state index in [0.717, 1.165) is 38.0 Å². The van der Waals surface area contributed by atoms with Gasteiger partial charge in [-0.15, -0.1) is 11.7 Å². The molecule has 0 amide bonds. The standard InChI is InChI=1S/C12H26N2OS2/c1-11(2)4-3-5-14-6-7-15-12(9-14)8-13-10-17-16/h11-13,16H,3-10H2,1-2H3/t12-/m0/s1. The minimum absolute atomic E-state index is 0.350. The Morgan fingerprint density at radius 2 is 2.35 bits per heavy atom. The zero-order valence-electron chi connectivity index (χ0n) is 11.0. The average molecular weight is 278 g/mol. The first-order valence-corrected chi connectivity index (χ1v) is 8.57. The van der Waals surface area contributed by atoms with E-state index in [-0.39, 0.29) is 0 Å². The molecule has 0 radical (unpaired) electrons. The Labute approximate surface area is 115 Å². The molecule has 1 aliphatic heterocycles. The molecule has 102 valence electrons. The molecule has 0 aromatic heterocycles. The molecule has 0 bridgehead atoms. The van der Waals surface area contributed by atoms with Crippen LogP contribution in [-0.4, -0.2) is 49.7 Å². The second-order valence-electron chi connectivity index (χ2n) is 5.06. The summed E-state index contributed by atoms with van der Waals surface area (Å²) in [7, 11) is 1.52. The molecule has 0 saturated carbocycles. The van der Waals surface area contributed by atoms with Gasteiger partial charge in [-0.1, -0.05) is 24.6 Å². The number of morpholine rings is 1. The van der Waals surface area contributed by atoms with E-state index in [0.29, 0.717) is 6.10 Å². The van der Waals surface area contributed by atoms with Gasteiger partial charge in [-0.3, -0.25) is 4.90 Å². The Balaban J connectivity index is 2.10. The quantitative estimate of drug-likeness (QED) is 0.308. The van der Waals surface area contributed by atoms with Crippen molar-refractivity contribution in [3.63, 3.8) is 0 Å². The third-order valence-electron chi connectivity index (χ3n) is 3.02. The molecule has 1 saturated heterocycles. The smallest absolute Gasteiger partial charge is 0.0827 e. The summed E-state index contributed by atoms with van der Waals surface area (Å²) in [6.07, 6.45) is 2.99. The van der Waals surface area contributed by atoms with Crippen molar-refractivity contribution in [2.45, 2.75) is 32.8 Å². The van der Waals surface area contributed by atoms with Gasteiger partial charge in [0.15, 0.2) is 0 Å². The van der Waals surface area contributed by atoms with Crippen LogP contribution in [0.1, 0.15) is 26.7 Å². The summed E-state index contributed by atoms with van der Waals surface area (Å²) in [6.45, 7) is 9.79. The third-order valence-corrected chi connectivity index (χ3v) is 3.74. The van der Waals surface area contributed by atoms with Gasteiger partial charge in [0.2, 0.25) is 0 Å². The number of hydrogen-bond acceptors (Lipinski definition) is 5. The normalized spacial score (nSPS) is 22.2. The van der Waals surface area contributed by atoms with Crippen molar-refractivity contribution in [1.29, 1.82) is 0 Å². The SMILES string of the molecule is CC(C)CCCN1CCO[C@@H](CNCSS)C1. The molecule has 1 rings (SSSR count). The van der Waals surface area contributed by atoms with Crippen molar-refractivity contribution in [3.05, 3.63) is 0 Å². The highest BCUT2D eigenvalue weighted by Gasteiger charge is 2.19. The van der Waals surface area contributed by atoms with Crippen LogP contribution < -0.4 is 5.32 Å². The van der Waals surface area contributed by atoms with Gasteiger partial charge in [0, 0.05) is 19.6 Å². The van der Waals surface area contributed by atoms with Crippen molar-refractivity contribution in [2.75, 3.05) is 38.7 Å². The van der Waals surface area contributed by atoms with E-state index in [4.69, 9.17) is 4.74 Å². The molecule has 5 heteroatoms. The van der Waals surface area contributed by atoms with Crippen molar-refractivity contribution < 1.29 is 4.74 Å². The van der Waals surface area contributed by atoms with Crippen molar-refractivity contribution >= 4 is 22.5 Å². The molecule has 0 aromatic rings. The molecule has 1 atom stereocenters. The number of nitrogens with one attached hydrogen (secondary N) is 1. The first-order valence-electron chi connectivity index (χ1n) is 6.53. The highest BCUT2D eigenvalue weighted by Crippen LogP contribution is 2.09. The second kappa shape index (κ2) is 9.50. The van der Waals surface area contributed by atoms with E-state index in [1.807, 2.05) is 0 Å². The van der Waals surface area contributed by atoms with E-state index in [2.05, 4.69) is 35.7 Å². The maximum atomic E-state index is 5.74. The maximum absolute atomic E-state index is 5.74. The van der Waals surface area contributed by atoms with Gasteiger partial charge in [0.25, 0.3) is 0 Å². The van der Waals surface area contributed by atoms with Crippen LogP contribution in [0.3, 0.4) is 0 Å². The van der Waals surface area contributed by atoms with Crippen LogP contribution in [0.2, 0.25) is 0 Å². The lowest BCUT2D eigenvalue weighted by Crippen LogP contribution is -2.46. The minimum Gasteiger partial charge on any atom is -0.374 e. The number of ether oxygens (including phenoxy) is 1. The molecule has 1 heterocycles. The molecule has 0 spiro atoms. The fraction of sp³-hybridized carbons (Fsp3) is 1.00. The number of hydrogen-bond donors (Lipinski definition) is 2.